The third kappa shape index (κ3) is 5.15. The Morgan fingerprint density at radius 3 is 2.52 bits per heavy atom. The van der Waals surface area contributed by atoms with E-state index in [1.807, 2.05) is 0 Å². The highest BCUT2D eigenvalue weighted by Gasteiger charge is 2.34. The van der Waals surface area contributed by atoms with Crippen LogP contribution in [-0.4, -0.2) is 41.4 Å². The number of nitrogens with one attached hydrogen (secondary N) is 2. The Bertz CT molecular complexity index is 893. The molecule has 2 fully saturated rings. The predicted octanol–water partition coefficient (Wildman–Crippen LogP) is 3.43. The number of carbonyl (C=O) groups excluding carboxylic acids is 2. The minimum absolute atomic E-state index is 0.0576. The first-order chi connectivity index (χ1) is 15.0. The Morgan fingerprint density at radius 1 is 1.10 bits per heavy atom. The van der Waals surface area contributed by atoms with Gasteiger partial charge in [-0.15, -0.1) is 0 Å². The fraction of sp³-hybridized carbons (Fsp3) is 0.636. The van der Waals surface area contributed by atoms with Crippen LogP contribution < -0.4 is 10.6 Å². The molecule has 1 atom stereocenters. The van der Waals surface area contributed by atoms with Crippen molar-refractivity contribution in [3.63, 3.8) is 0 Å². The number of anilines is 1. The number of nitrogens with zero attached hydrogens (tertiary/aromatic N) is 2. The van der Waals surface area contributed by atoms with Crippen LogP contribution in [0.5, 0.6) is 0 Å². The molecule has 31 heavy (non-hydrogen) atoms. The summed E-state index contributed by atoms with van der Waals surface area (Å²) in [6.45, 7) is 5.31. The Kier molecular flexibility index (Phi) is 6.70. The highest BCUT2D eigenvalue weighted by atomic mass is 16.5. The van der Waals surface area contributed by atoms with Gasteiger partial charge in [0.1, 0.15) is 23.6 Å². The second-order valence-corrected chi connectivity index (χ2v) is 8.78. The van der Waals surface area contributed by atoms with E-state index in [2.05, 4.69) is 27.9 Å². The van der Waals surface area contributed by atoms with Gasteiger partial charge in [-0.25, -0.2) is 0 Å². The van der Waals surface area contributed by atoms with E-state index in [-0.39, 0.29) is 23.7 Å². The molecule has 9 nitrogen and oxygen atoms in total. The van der Waals surface area contributed by atoms with Crippen LogP contribution in [0.4, 0.5) is 5.82 Å². The van der Waals surface area contributed by atoms with E-state index >= 15 is 0 Å². The summed E-state index contributed by atoms with van der Waals surface area (Å²) < 4.78 is 15.7. The SMILES string of the molecule is Cc1nocc1C(=O)N[C@H](C(=O)Nc1cc(C2CCOCC2)on1)[C@H]1CC[C@H](C)CC1. The molecule has 1 saturated carbocycles. The van der Waals surface area contributed by atoms with Gasteiger partial charge in [0.15, 0.2) is 5.82 Å². The molecule has 1 saturated heterocycles. The molecule has 2 aromatic rings. The van der Waals surface area contributed by atoms with Crippen LogP contribution in [-0.2, 0) is 9.53 Å². The summed E-state index contributed by atoms with van der Waals surface area (Å²) in [7, 11) is 0. The normalized spacial score (nSPS) is 23.3. The van der Waals surface area contributed by atoms with E-state index in [1.54, 1.807) is 13.0 Å². The summed E-state index contributed by atoms with van der Waals surface area (Å²) in [4.78, 5) is 26.0. The lowest BCUT2D eigenvalue weighted by atomic mass is 9.79. The average molecular weight is 431 g/mol. The molecule has 2 aromatic heterocycles. The molecule has 9 heteroatoms. The molecular weight excluding hydrogens is 400 g/mol. The minimum Gasteiger partial charge on any atom is -0.381 e. The van der Waals surface area contributed by atoms with Crippen molar-refractivity contribution >= 4 is 17.6 Å². The number of amides is 2. The number of rotatable bonds is 6. The Hall–Kier alpha value is -2.68. The van der Waals surface area contributed by atoms with Gasteiger partial charge >= 0.3 is 0 Å². The van der Waals surface area contributed by atoms with E-state index in [9.17, 15) is 9.59 Å². The Labute approximate surface area is 181 Å². The predicted molar refractivity (Wildman–Crippen MR) is 112 cm³/mol. The molecule has 0 unspecified atom stereocenters. The number of hydrogen-bond acceptors (Lipinski definition) is 7. The monoisotopic (exact) mass is 430 g/mol. The topological polar surface area (TPSA) is 119 Å². The van der Waals surface area contributed by atoms with Gasteiger partial charge in [-0.1, -0.05) is 30.1 Å². The molecule has 0 spiro atoms. The molecule has 168 valence electrons. The summed E-state index contributed by atoms with van der Waals surface area (Å²) in [5, 5.41) is 13.5. The van der Waals surface area contributed by atoms with E-state index in [1.165, 1.54) is 6.26 Å². The van der Waals surface area contributed by atoms with Crippen molar-refractivity contribution in [3.05, 3.63) is 29.3 Å². The van der Waals surface area contributed by atoms with Crippen molar-refractivity contribution in [2.45, 2.75) is 64.3 Å². The standard InChI is InChI=1S/C22H30N4O5/c1-13-3-5-16(6-4-13)20(24-21(27)17-12-30-25-14(17)2)22(28)23-19-11-18(31-26-19)15-7-9-29-10-8-15/h11-13,15-16,20H,3-10H2,1-2H3,(H,24,27)(H,23,26,28)/t13-,16-,20-/m0/s1. The van der Waals surface area contributed by atoms with Crippen LogP contribution in [0, 0.1) is 18.8 Å². The molecule has 0 bridgehead atoms. The second kappa shape index (κ2) is 9.64. The largest absolute Gasteiger partial charge is 0.381 e. The molecule has 2 N–H and O–H groups in total. The van der Waals surface area contributed by atoms with Crippen molar-refractivity contribution in [2.75, 3.05) is 18.5 Å². The van der Waals surface area contributed by atoms with E-state index in [0.717, 1.165) is 44.3 Å². The fourth-order valence-electron chi connectivity index (χ4n) is 4.47. The third-order valence-corrected chi connectivity index (χ3v) is 6.50. The second-order valence-electron chi connectivity index (χ2n) is 8.78. The van der Waals surface area contributed by atoms with Gasteiger partial charge in [-0.3, -0.25) is 9.59 Å². The van der Waals surface area contributed by atoms with Gasteiger partial charge < -0.3 is 24.4 Å². The lowest BCUT2D eigenvalue weighted by Crippen LogP contribution is -2.49. The Balaban J connectivity index is 1.46. The molecule has 3 heterocycles. The highest BCUT2D eigenvalue weighted by Crippen LogP contribution is 2.32. The van der Waals surface area contributed by atoms with Gasteiger partial charge in [0.25, 0.3) is 5.91 Å². The quantitative estimate of drug-likeness (QED) is 0.720. The van der Waals surface area contributed by atoms with Crippen LogP contribution in [0.3, 0.4) is 0 Å². The summed E-state index contributed by atoms with van der Waals surface area (Å²) in [6, 6.07) is 1.11. The maximum absolute atomic E-state index is 13.2. The number of aromatic nitrogens is 2. The van der Waals surface area contributed by atoms with Crippen LogP contribution in [0.25, 0.3) is 0 Å². The minimum atomic E-state index is -0.669. The molecule has 0 aromatic carbocycles. The number of carbonyl (C=O) groups is 2. The van der Waals surface area contributed by atoms with Crippen molar-refractivity contribution in [3.8, 4) is 0 Å². The van der Waals surface area contributed by atoms with Crippen molar-refractivity contribution in [1.29, 1.82) is 0 Å². The van der Waals surface area contributed by atoms with Crippen molar-refractivity contribution in [2.24, 2.45) is 11.8 Å². The van der Waals surface area contributed by atoms with E-state index < -0.39 is 6.04 Å². The summed E-state index contributed by atoms with van der Waals surface area (Å²) >= 11 is 0. The lowest BCUT2D eigenvalue weighted by molar-refractivity contribution is -0.119. The molecular formula is C22H30N4O5. The lowest BCUT2D eigenvalue weighted by Gasteiger charge is -2.32. The van der Waals surface area contributed by atoms with Gasteiger partial charge in [0, 0.05) is 25.2 Å². The Morgan fingerprint density at radius 2 is 1.84 bits per heavy atom. The maximum Gasteiger partial charge on any atom is 0.257 e. The van der Waals surface area contributed by atoms with Crippen LogP contribution in [0.2, 0.25) is 0 Å². The molecule has 2 amide bonds. The van der Waals surface area contributed by atoms with Gasteiger partial charge in [-0.2, -0.15) is 0 Å². The zero-order valence-electron chi connectivity index (χ0n) is 18.1. The van der Waals surface area contributed by atoms with Crippen LogP contribution >= 0.6 is 0 Å². The first-order valence-corrected chi connectivity index (χ1v) is 11.1. The zero-order chi connectivity index (χ0) is 21.8. The summed E-state index contributed by atoms with van der Waals surface area (Å²) in [5.41, 5.74) is 0.830. The number of hydrogen-bond donors (Lipinski definition) is 2. The average Bonchev–Trinajstić information content (AvgIpc) is 3.42. The third-order valence-electron chi connectivity index (χ3n) is 6.50. The fourth-order valence-corrected chi connectivity index (χ4v) is 4.47. The first kappa shape index (κ1) is 21.5. The highest BCUT2D eigenvalue weighted by molar-refractivity contribution is 6.01. The van der Waals surface area contributed by atoms with Gasteiger partial charge in [0.2, 0.25) is 5.91 Å². The van der Waals surface area contributed by atoms with Crippen LogP contribution in [0.1, 0.15) is 73.2 Å². The molecule has 1 aliphatic heterocycles. The smallest absolute Gasteiger partial charge is 0.257 e. The molecule has 4 rings (SSSR count). The molecule has 0 radical (unpaired) electrons. The van der Waals surface area contributed by atoms with Gasteiger partial charge in [0.05, 0.1) is 5.69 Å². The zero-order valence-corrected chi connectivity index (χ0v) is 18.1. The van der Waals surface area contributed by atoms with E-state index in [4.69, 9.17) is 13.8 Å². The summed E-state index contributed by atoms with van der Waals surface area (Å²) in [6.07, 6.45) is 6.89. The molecule has 1 aliphatic carbocycles. The van der Waals surface area contributed by atoms with Gasteiger partial charge in [-0.05, 0) is 44.4 Å². The first-order valence-electron chi connectivity index (χ1n) is 11.1. The maximum atomic E-state index is 13.2. The van der Waals surface area contributed by atoms with Crippen molar-refractivity contribution in [1.82, 2.24) is 15.6 Å². The number of aryl methyl sites for hydroxylation is 1. The van der Waals surface area contributed by atoms with Crippen molar-refractivity contribution < 1.29 is 23.4 Å². The van der Waals surface area contributed by atoms with E-state index in [0.29, 0.717) is 36.2 Å². The summed E-state index contributed by atoms with van der Waals surface area (Å²) in [5.74, 6) is 1.42. The van der Waals surface area contributed by atoms with Crippen LogP contribution in [0.15, 0.2) is 21.4 Å². The molecule has 2 aliphatic rings. The number of ether oxygens (including phenoxy) is 1.